The number of rotatable bonds is 5. The molecule has 27 heavy (non-hydrogen) atoms. The van der Waals surface area contributed by atoms with Gasteiger partial charge in [-0.25, -0.2) is 9.97 Å². The maximum atomic E-state index is 12.4. The summed E-state index contributed by atoms with van der Waals surface area (Å²) in [5.41, 5.74) is 3.87. The number of benzene rings is 2. The van der Waals surface area contributed by atoms with E-state index in [2.05, 4.69) is 20.6 Å². The zero-order valence-corrected chi connectivity index (χ0v) is 16.0. The van der Waals surface area contributed by atoms with Gasteiger partial charge in [0.1, 0.15) is 17.3 Å². The molecule has 1 aromatic heterocycles. The first-order chi connectivity index (χ1) is 13.0. The third-order valence-electron chi connectivity index (χ3n) is 4.07. The molecule has 0 radical (unpaired) electrons. The Morgan fingerprint density at radius 2 is 1.85 bits per heavy atom. The lowest BCUT2D eigenvalue weighted by Gasteiger charge is -2.11. The first kappa shape index (κ1) is 18.7. The van der Waals surface area contributed by atoms with E-state index < -0.39 is 0 Å². The second-order valence-corrected chi connectivity index (χ2v) is 6.45. The molecular weight excluding hydrogens is 364 g/mol. The van der Waals surface area contributed by atoms with E-state index in [-0.39, 0.29) is 11.6 Å². The van der Waals surface area contributed by atoms with Crippen LogP contribution in [-0.4, -0.2) is 23.0 Å². The number of hydrogen-bond acceptors (Lipinski definition) is 5. The minimum atomic E-state index is -0.322. The average Bonchev–Trinajstić information content (AvgIpc) is 2.65. The van der Waals surface area contributed by atoms with Crippen LogP contribution in [0.2, 0.25) is 5.02 Å². The number of carbonyl (C=O) groups excluding carboxylic acids is 1. The van der Waals surface area contributed by atoms with E-state index in [4.69, 9.17) is 16.3 Å². The smallest absolute Gasteiger partial charge is 0.275 e. The summed E-state index contributed by atoms with van der Waals surface area (Å²) >= 11 is 6.02. The number of halogens is 1. The predicted molar refractivity (Wildman–Crippen MR) is 107 cm³/mol. The molecule has 3 aromatic rings. The highest BCUT2D eigenvalue weighted by molar-refractivity contribution is 6.31. The lowest BCUT2D eigenvalue weighted by molar-refractivity contribution is 0.102. The van der Waals surface area contributed by atoms with Gasteiger partial charge in [0, 0.05) is 10.7 Å². The van der Waals surface area contributed by atoms with Crippen molar-refractivity contribution in [1.29, 1.82) is 0 Å². The summed E-state index contributed by atoms with van der Waals surface area (Å²) in [5.74, 6) is 0.772. The minimum absolute atomic E-state index is 0.219. The lowest BCUT2D eigenvalue weighted by atomic mass is 10.1. The van der Waals surface area contributed by atoms with E-state index >= 15 is 0 Å². The zero-order valence-electron chi connectivity index (χ0n) is 15.2. The summed E-state index contributed by atoms with van der Waals surface area (Å²) in [5, 5.41) is 6.47. The van der Waals surface area contributed by atoms with Gasteiger partial charge >= 0.3 is 0 Å². The van der Waals surface area contributed by atoms with Gasteiger partial charge < -0.3 is 15.4 Å². The number of aryl methyl sites for hydroxylation is 2. The second kappa shape index (κ2) is 8.05. The van der Waals surface area contributed by atoms with Crippen LogP contribution in [-0.2, 0) is 0 Å². The van der Waals surface area contributed by atoms with Gasteiger partial charge in [-0.2, -0.15) is 0 Å². The number of aromatic nitrogens is 2. The van der Waals surface area contributed by atoms with E-state index in [0.29, 0.717) is 22.3 Å². The molecule has 0 spiro atoms. The average molecular weight is 383 g/mol. The predicted octanol–water partition coefficient (Wildman–Crippen LogP) is 4.75. The van der Waals surface area contributed by atoms with Crippen molar-refractivity contribution in [3.05, 3.63) is 70.6 Å². The Morgan fingerprint density at radius 3 is 2.52 bits per heavy atom. The minimum Gasteiger partial charge on any atom is -0.495 e. The van der Waals surface area contributed by atoms with Crippen LogP contribution in [0.15, 0.2) is 48.8 Å². The second-order valence-electron chi connectivity index (χ2n) is 6.01. The molecule has 2 N–H and O–H groups in total. The van der Waals surface area contributed by atoms with Crippen LogP contribution in [0.4, 0.5) is 17.2 Å². The Balaban J connectivity index is 1.72. The van der Waals surface area contributed by atoms with E-state index in [9.17, 15) is 4.79 Å². The molecule has 7 heteroatoms. The molecular formula is C20H19ClN4O2. The molecule has 3 rings (SSSR count). The van der Waals surface area contributed by atoms with Gasteiger partial charge in [-0.3, -0.25) is 4.79 Å². The van der Waals surface area contributed by atoms with Crippen LogP contribution in [0, 0.1) is 13.8 Å². The van der Waals surface area contributed by atoms with Crippen molar-refractivity contribution >= 4 is 34.7 Å². The molecule has 138 valence electrons. The molecule has 2 aromatic carbocycles. The Hall–Kier alpha value is -3.12. The van der Waals surface area contributed by atoms with Gasteiger partial charge in [-0.15, -0.1) is 0 Å². The number of methoxy groups -OCH3 is 1. The van der Waals surface area contributed by atoms with E-state index in [1.54, 1.807) is 25.3 Å². The largest absolute Gasteiger partial charge is 0.495 e. The van der Waals surface area contributed by atoms with Gasteiger partial charge in [-0.1, -0.05) is 17.7 Å². The van der Waals surface area contributed by atoms with E-state index in [0.717, 1.165) is 11.3 Å². The molecule has 0 aliphatic heterocycles. The molecule has 0 saturated heterocycles. The van der Waals surface area contributed by atoms with Crippen molar-refractivity contribution < 1.29 is 9.53 Å². The van der Waals surface area contributed by atoms with Crippen LogP contribution in [0.1, 0.15) is 21.6 Å². The number of carbonyl (C=O) groups is 1. The third-order valence-corrected chi connectivity index (χ3v) is 4.31. The summed E-state index contributed by atoms with van der Waals surface area (Å²) in [6.45, 7) is 4.02. The maximum absolute atomic E-state index is 12.4. The molecule has 0 atom stereocenters. The van der Waals surface area contributed by atoms with Crippen molar-refractivity contribution in [3.63, 3.8) is 0 Å². The highest BCUT2D eigenvalue weighted by atomic mass is 35.5. The SMILES string of the molecule is COc1ccc(Cl)cc1Nc1cnc(C(=O)Nc2ccc(C)c(C)c2)cn1. The first-order valence-corrected chi connectivity index (χ1v) is 8.65. The molecule has 0 aliphatic carbocycles. The number of nitrogens with one attached hydrogen (secondary N) is 2. The third kappa shape index (κ3) is 4.54. The fourth-order valence-electron chi connectivity index (χ4n) is 2.44. The van der Waals surface area contributed by atoms with Gasteiger partial charge in [0.2, 0.25) is 0 Å². The quantitative estimate of drug-likeness (QED) is 0.665. The number of ether oxygens (including phenoxy) is 1. The number of anilines is 3. The van der Waals surface area contributed by atoms with Gasteiger partial charge in [0.15, 0.2) is 0 Å². The normalized spacial score (nSPS) is 10.4. The number of hydrogen-bond donors (Lipinski definition) is 2. The van der Waals surface area contributed by atoms with Crippen LogP contribution >= 0.6 is 11.6 Å². The highest BCUT2D eigenvalue weighted by Gasteiger charge is 2.10. The van der Waals surface area contributed by atoms with Crippen molar-refractivity contribution in [2.45, 2.75) is 13.8 Å². The van der Waals surface area contributed by atoms with Gasteiger partial charge in [0.05, 0.1) is 25.2 Å². The standard InChI is InChI=1S/C20H19ClN4O2/c1-12-4-6-15(8-13(12)2)24-20(26)17-10-23-19(11-22-17)25-16-9-14(21)5-7-18(16)27-3/h4-11H,1-3H3,(H,23,25)(H,24,26). The van der Waals surface area contributed by atoms with E-state index in [1.807, 2.05) is 32.0 Å². The van der Waals surface area contributed by atoms with Crippen LogP contribution in [0.25, 0.3) is 0 Å². The first-order valence-electron chi connectivity index (χ1n) is 8.27. The Morgan fingerprint density at radius 1 is 1.04 bits per heavy atom. The van der Waals surface area contributed by atoms with E-state index in [1.165, 1.54) is 18.0 Å². The Bertz CT molecular complexity index is 974. The van der Waals surface area contributed by atoms with Crippen molar-refractivity contribution in [3.8, 4) is 5.75 Å². The summed E-state index contributed by atoms with van der Waals surface area (Å²) in [6.07, 6.45) is 2.89. The molecule has 6 nitrogen and oxygen atoms in total. The zero-order chi connectivity index (χ0) is 19.4. The Labute approximate surface area is 162 Å². The highest BCUT2D eigenvalue weighted by Crippen LogP contribution is 2.29. The van der Waals surface area contributed by atoms with Gasteiger partial charge in [-0.05, 0) is 55.3 Å². The van der Waals surface area contributed by atoms with Crippen LogP contribution < -0.4 is 15.4 Å². The summed E-state index contributed by atoms with van der Waals surface area (Å²) in [7, 11) is 1.57. The fourth-order valence-corrected chi connectivity index (χ4v) is 2.61. The van der Waals surface area contributed by atoms with Crippen molar-refractivity contribution in [1.82, 2.24) is 9.97 Å². The maximum Gasteiger partial charge on any atom is 0.275 e. The molecule has 1 heterocycles. The lowest BCUT2D eigenvalue weighted by Crippen LogP contribution is -2.14. The van der Waals surface area contributed by atoms with Gasteiger partial charge in [0.25, 0.3) is 5.91 Å². The summed E-state index contributed by atoms with van der Waals surface area (Å²) < 4.78 is 5.29. The summed E-state index contributed by atoms with van der Waals surface area (Å²) in [4.78, 5) is 20.8. The molecule has 0 saturated carbocycles. The molecule has 0 aliphatic rings. The van der Waals surface area contributed by atoms with Crippen molar-refractivity contribution in [2.75, 3.05) is 17.7 Å². The topological polar surface area (TPSA) is 76.1 Å². The number of nitrogens with zero attached hydrogens (tertiary/aromatic N) is 2. The fraction of sp³-hybridized carbons (Fsp3) is 0.150. The van der Waals surface area contributed by atoms with Crippen LogP contribution in [0.3, 0.4) is 0 Å². The van der Waals surface area contributed by atoms with Crippen LogP contribution in [0.5, 0.6) is 5.75 Å². The molecule has 0 unspecified atom stereocenters. The monoisotopic (exact) mass is 382 g/mol. The number of amides is 1. The Kier molecular flexibility index (Phi) is 5.57. The van der Waals surface area contributed by atoms with Crippen molar-refractivity contribution in [2.24, 2.45) is 0 Å². The molecule has 1 amide bonds. The molecule has 0 fully saturated rings. The molecule has 0 bridgehead atoms. The summed E-state index contributed by atoms with van der Waals surface area (Å²) in [6, 6.07) is 10.9.